The lowest BCUT2D eigenvalue weighted by atomic mass is 9.83. The van der Waals surface area contributed by atoms with E-state index < -0.39 is 7.12 Å². The van der Waals surface area contributed by atoms with E-state index in [1.165, 1.54) is 0 Å². The van der Waals surface area contributed by atoms with Crippen molar-refractivity contribution in [1.82, 2.24) is 4.98 Å². The number of aryl methyl sites for hydroxylation is 1. The molecule has 1 saturated heterocycles. The van der Waals surface area contributed by atoms with Crippen LogP contribution in [0.2, 0.25) is 0 Å². The molecule has 1 aromatic rings. The van der Waals surface area contributed by atoms with E-state index in [9.17, 15) is 0 Å². The molecule has 0 saturated carbocycles. The lowest BCUT2D eigenvalue weighted by molar-refractivity contribution is 0.00578. The van der Waals surface area contributed by atoms with Gasteiger partial charge in [-0.05, 0) is 51.8 Å². The van der Waals surface area contributed by atoms with E-state index in [0.29, 0.717) is 0 Å². The molecule has 3 nitrogen and oxygen atoms in total. The smallest absolute Gasteiger partial charge is 0.398 e. The minimum absolute atomic E-state index is 0.329. The third-order valence-corrected chi connectivity index (χ3v) is 3.89. The van der Waals surface area contributed by atoms with Crippen molar-refractivity contribution in [3.05, 3.63) is 30.0 Å². The maximum Gasteiger partial charge on any atom is 0.514 e. The molecule has 0 atom stereocenters. The van der Waals surface area contributed by atoms with Crippen LogP contribution in [0, 0.1) is 6.92 Å². The second-order valence-electron chi connectivity index (χ2n) is 5.76. The van der Waals surface area contributed by atoms with Crippen LogP contribution < -0.4 is 5.59 Å². The summed E-state index contributed by atoms with van der Waals surface area (Å²) < 4.78 is 11.9. The van der Waals surface area contributed by atoms with E-state index in [1.807, 2.05) is 46.9 Å². The highest BCUT2D eigenvalue weighted by Crippen LogP contribution is 2.36. The molecule has 0 bridgehead atoms. The summed E-state index contributed by atoms with van der Waals surface area (Å²) in [5.74, 6) is 0. The van der Waals surface area contributed by atoms with Gasteiger partial charge in [-0.3, -0.25) is 4.98 Å². The van der Waals surface area contributed by atoms with Crippen molar-refractivity contribution in [1.29, 1.82) is 0 Å². The highest BCUT2D eigenvalue weighted by Gasteiger charge is 2.52. The minimum atomic E-state index is -0.396. The molecule has 2 heterocycles. The second kappa shape index (κ2) is 4.21. The molecule has 0 amide bonds. The van der Waals surface area contributed by atoms with Gasteiger partial charge < -0.3 is 9.31 Å². The first-order chi connectivity index (χ1) is 8.27. The summed E-state index contributed by atoms with van der Waals surface area (Å²) in [7, 11) is -0.396. The molecular formula is C14H20BNO2. The predicted octanol–water partition coefficient (Wildman–Crippen LogP) is 2.33. The van der Waals surface area contributed by atoms with Gasteiger partial charge in [-0.1, -0.05) is 12.7 Å². The molecule has 0 radical (unpaired) electrons. The summed E-state index contributed by atoms with van der Waals surface area (Å²) in [6.45, 7) is 14.0. The van der Waals surface area contributed by atoms with Gasteiger partial charge in [0.05, 0.1) is 16.8 Å². The standard InChI is InChI=1S/C14H20BNO2/c1-7-11-9-16-12(8-10(11)2)15-17-13(3,4)14(5,6)18-15/h7-9H,1H2,2-6H3. The maximum atomic E-state index is 5.97. The maximum absolute atomic E-state index is 5.97. The van der Waals surface area contributed by atoms with Crippen LogP contribution in [0.25, 0.3) is 6.08 Å². The van der Waals surface area contributed by atoms with Gasteiger partial charge in [0.1, 0.15) is 0 Å². The molecule has 4 heteroatoms. The molecular weight excluding hydrogens is 225 g/mol. The molecule has 0 unspecified atom stereocenters. The zero-order valence-electron chi connectivity index (χ0n) is 11.8. The van der Waals surface area contributed by atoms with Gasteiger partial charge >= 0.3 is 7.12 Å². The third-order valence-electron chi connectivity index (χ3n) is 3.89. The summed E-state index contributed by atoms with van der Waals surface area (Å²) in [4.78, 5) is 4.40. The first-order valence-electron chi connectivity index (χ1n) is 6.21. The van der Waals surface area contributed by atoms with E-state index in [2.05, 4.69) is 11.6 Å². The Balaban J connectivity index is 2.30. The lowest BCUT2D eigenvalue weighted by Crippen LogP contribution is -2.41. The fourth-order valence-corrected chi connectivity index (χ4v) is 1.89. The summed E-state index contributed by atoms with van der Waals surface area (Å²) >= 11 is 0. The van der Waals surface area contributed by atoms with Crippen molar-refractivity contribution in [3.8, 4) is 0 Å². The first-order valence-corrected chi connectivity index (χ1v) is 6.21. The average molecular weight is 245 g/mol. The van der Waals surface area contributed by atoms with Crippen LogP contribution in [0.15, 0.2) is 18.8 Å². The van der Waals surface area contributed by atoms with Crippen molar-refractivity contribution >= 4 is 18.8 Å². The lowest BCUT2D eigenvalue weighted by Gasteiger charge is -2.32. The van der Waals surface area contributed by atoms with Crippen LogP contribution >= 0.6 is 0 Å². The van der Waals surface area contributed by atoms with Crippen LogP contribution in [0.5, 0.6) is 0 Å². The van der Waals surface area contributed by atoms with Crippen molar-refractivity contribution < 1.29 is 9.31 Å². The molecule has 1 aromatic heterocycles. The zero-order chi connectivity index (χ0) is 13.6. The number of nitrogens with zero attached hydrogens (tertiary/aromatic N) is 1. The highest BCUT2D eigenvalue weighted by atomic mass is 16.7. The van der Waals surface area contributed by atoms with Crippen molar-refractivity contribution in [2.45, 2.75) is 45.8 Å². The van der Waals surface area contributed by atoms with Crippen molar-refractivity contribution in [2.24, 2.45) is 0 Å². The molecule has 1 fully saturated rings. The summed E-state index contributed by atoms with van der Waals surface area (Å²) in [6, 6.07) is 2.00. The van der Waals surface area contributed by atoms with Crippen molar-refractivity contribution in [2.75, 3.05) is 0 Å². The molecule has 2 rings (SSSR count). The highest BCUT2D eigenvalue weighted by molar-refractivity contribution is 6.61. The van der Waals surface area contributed by atoms with Crippen LogP contribution in [0.3, 0.4) is 0 Å². The normalized spacial score (nSPS) is 21.1. The molecule has 1 aliphatic heterocycles. The Morgan fingerprint density at radius 3 is 2.22 bits per heavy atom. The Morgan fingerprint density at radius 1 is 1.22 bits per heavy atom. The summed E-state index contributed by atoms with van der Waals surface area (Å²) in [5, 5.41) is 0. The van der Waals surface area contributed by atoms with Crippen LogP contribution in [-0.4, -0.2) is 23.3 Å². The van der Waals surface area contributed by atoms with E-state index in [0.717, 1.165) is 16.7 Å². The Morgan fingerprint density at radius 2 is 1.78 bits per heavy atom. The Labute approximate surface area is 109 Å². The monoisotopic (exact) mass is 245 g/mol. The molecule has 96 valence electrons. The molecule has 0 aromatic carbocycles. The van der Waals surface area contributed by atoms with E-state index >= 15 is 0 Å². The fraction of sp³-hybridized carbons (Fsp3) is 0.500. The van der Waals surface area contributed by atoms with Gasteiger partial charge in [-0.25, -0.2) is 0 Å². The Bertz CT molecular complexity index is 467. The topological polar surface area (TPSA) is 31.4 Å². The second-order valence-corrected chi connectivity index (χ2v) is 5.76. The van der Waals surface area contributed by atoms with E-state index in [4.69, 9.17) is 9.31 Å². The summed E-state index contributed by atoms with van der Waals surface area (Å²) in [6.07, 6.45) is 3.61. The van der Waals surface area contributed by atoms with Gasteiger partial charge in [0.2, 0.25) is 0 Å². The van der Waals surface area contributed by atoms with E-state index in [1.54, 1.807) is 6.08 Å². The van der Waals surface area contributed by atoms with Crippen LogP contribution in [-0.2, 0) is 9.31 Å². The van der Waals surface area contributed by atoms with Crippen LogP contribution in [0.1, 0.15) is 38.8 Å². The number of pyridine rings is 1. The molecule has 18 heavy (non-hydrogen) atoms. The van der Waals surface area contributed by atoms with Gasteiger partial charge in [0, 0.05) is 6.20 Å². The largest absolute Gasteiger partial charge is 0.514 e. The number of hydrogen-bond acceptors (Lipinski definition) is 3. The number of aromatic nitrogens is 1. The Kier molecular flexibility index (Phi) is 3.12. The van der Waals surface area contributed by atoms with Crippen molar-refractivity contribution in [3.63, 3.8) is 0 Å². The fourth-order valence-electron chi connectivity index (χ4n) is 1.89. The van der Waals surface area contributed by atoms with Gasteiger partial charge in [-0.2, -0.15) is 0 Å². The van der Waals surface area contributed by atoms with Gasteiger partial charge in [-0.15, -0.1) is 0 Å². The SMILES string of the molecule is C=Cc1cnc(B2OC(C)(C)C(C)(C)O2)cc1C. The van der Waals surface area contributed by atoms with E-state index in [-0.39, 0.29) is 11.2 Å². The predicted molar refractivity (Wildman–Crippen MR) is 74.8 cm³/mol. The summed E-state index contributed by atoms with van der Waals surface area (Å²) in [5.41, 5.74) is 2.33. The van der Waals surface area contributed by atoms with Gasteiger partial charge in [0.15, 0.2) is 0 Å². The molecule has 0 aliphatic carbocycles. The number of hydrogen-bond donors (Lipinski definition) is 0. The quantitative estimate of drug-likeness (QED) is 0.749. The minimum Gasteiger partial charge on any atom is -0.398 e. The van der Waals surface area contributed by atoms with Gasteiger partial charge in [0.25, 0.3) is 0 Å². The van der Waals surface area contributed by atoms with Crippen LogP contribution in [0.4, 0.5) is 0 Å². The number of rotatable bonds is 2. The average Bonchev–Trinajstić information content (AvgIpc) is 2.48. The third kappa shape index (κ3) is 2.11. The molecule has 1 aliphatic rings. The molecule has 0 N–H and O–H groups in total. The Hall–Kier alpha value is -1.13. The molecule has 0 spiro atoms. The first kappa shape index (κ1) is 13.3. The zero-order valence-corrected chi connectivity index (χ0v) is 11.8.